The van der Waals surface area contributed by atoms with Crippen molar-refractivity contribution in [1.82, 2.24) is 5.32 Å². The van der Waals surface area contributed by atoms with E-state index in [1.165, 1.54) is 31.4 Å². The molecule has 1 aliphatic carbocycles. The number of nitrogens with one attached hydrogen (secondary N) is 1. The van der Waals surface area contributed by atoms with E-state index < -0.39 is 0 Å². The molecule has 0 amide bonds. The van der Waals surface area contributed by atoms with E-state index >= 15 is 0 Å². The summed E-state index contributed by atoms with van der Waals surface area (Å²) in [6, 6.07) is 0. The van der Waals surface area contributed by atoms with Gasteiger partial charge in [0.05, 0.1) is 0 Å². The van der Waals surface area contributed by atoms with E-state index in [1.54, 1.807) is 0 Å². The molecule has 0 radical (unpaired) electrons. The first-order valence-electron chi connectivity index (χ1n) is 4.14. The van der Waals surface area contributed by atoms with Crippen molar-refractivity contribution in [3.05, 3.63) is 12.2 Å². The van der Waals surface area contributed by atoms with Crippen LogP contribution in [0.1, 0.15) is 26.2 Å². The molecule has 1 rings (SSSR count). The summed E-state index contributed by atoms with van der Waals surface area (Å²) in [6.45, 7) is 8.09. The van der Waals surface area contributed by atoms with E-state index in [0.717, 1.165) is 12.5 Å². The van der Waals surface area contributed by atoms with Crippen molar-refractivity contribution >= 4 is 0 Å². The smallest absolute Gasteiger partial charge is 0.0159 e. The maximum atomic E-state index is 3.83. The highest BCUT2D eigenvalue weighted by Crippen LogP contribution is 2.24. The highest BCUT2D eigenvalue weighted by Gasteiger charge is 2.15. The fourth-order valence-corrected chi connectivity index (χ4v) is 1.19. The predicted molar refractivity (Wildman–Crippen MR) is 45.0 cm³/mol. The largest absolute Gasteiger partial charge is 0.313 e. The van der Waals surface area contributed by atoms with Gasteiger partial charge >= 0.3 is 0 Å². The predicted octanol–water partition coefficient (Wildman–Crippen LogP) is 1.95. The second kappa shape index (κ2) is 3.77. The van der Waals surface area contributed by atoms with Gasteiger partial charge in [0, 0.05) is 6.54 Å². The molecule has 1 saturated carbocycles. The van der Waals surface area contributed by atoms with Crippen LogP contribution in [0.25, 0.3) is 0 Å². The fourth-order valence-electron chi connectivity index (χ4n) is 1.19. The van der Waals surface area contributed by atoms with Crippen molar-refractivity contribution in [2.75, 3.05) is 13.1 Å². The van der Waals surface area contributed by atoms with Crippen molar-refractivity contribution in [3.8, 4) is 0 Å². The van der Waals surface area contributed by atoms with Crippen LogP contribution in [0.3, 0.4) is 0 Å². The van der Waals surface area contributed by atoms with Gasteiger partial charge in [-0.1, -0.05) is 18.6 Å². The Morgan fingerprint density at radius 3 is 2.70 bits per heavy atom. The Morgan fingerprint density at radius 2 is 2.30 bits per heavy atom. The lowest BCUT2D eigenvalue weighted by Gasteiger charge is -2.25. The normalized spacial score (nSPS) is 18.5. The van der Waals surface area contributed by atoms with Crippen molar-refractivity contribution in [2.24, 2.45) is 5.92 Å². The van der Waals surface area contributed by atoms with Gasteiger partial charge in [-0.25, -0.2) is 0 Å². The first-order valence-corrected chi connectivity index (χ1v) is 4.14. The van der Waals surface area contributed by atoms with Crippen molar-refractivity contribution < 1.29 is 0 Å². The SMILES string of the molecule is C=C(C)CNCC1CCC1. The molecule has 0 aromatic heterocycles. The summed E-state index contributed by atoms with van der Waals surface area (Å²) < 4.78 is 0. The molecule has 0 saturated heterocycles. The summed E-state index contributed by atoms with van der Waals surface area (Å²) in [5, 5.41) is 3.39. The van der Waals surface area contributed by atoms with Crippen molar-refractivity contribution in [3.63, 3.8) is 0 Å². The second-order valence-electron chi connectivity index (χ2n) is 3.38. The lowest BCUT2D eigenvalue weighted by Crippen LogP contribution is -2.28. The Morgan fingerprint density at radius 1 is 1.60 bits per heavy atom. The zero-order valence-corrected chi connectivity index (χ0v) is 6.82. The molecule has 1 N–H and O–H groups in total. The zero-order valence-electron chi connectivity index (χ0n) is 6.82. The topological polar surface area (TPSA) is 12.0 Å². The van der Waals surface area contributed by atoms with Gasteiger partial charge in [0.25, 0.3) is 0 Å². The van der Waals surface area contributed by atoms with E-state index in [9.17, 15) is 0 Å². The molecule has 1 nitrogen and oxygen atoms in total. The van der Waals surface area contributed by atoms with Crippen LogP contribution in [0.4, 0.5) is 0 Å². The minimum Gasteiger partial charge on any atom is -0.313 e. The zero-order chi connectivity index (χ0) is 7.40. The summed E-state index contributed by atoms with van der Waals surface area (Å²) in [7, 11) is 0. The first kappa shape index (κ1) is 7.80. The van der Waals surface area contributed by atoms with Crippen LogP contribution in [0, 0.1) is 5.92 Å². The van der Waals surface area contributed by atoms with Crippen LogP contribution in [0.15, 0.2) is 12.2 Å². The summed E-state index contributed by atoms with van der Waals surface area (Å²) >= 11 is 0. The van der Waals surface area contributed by atoms with Gasteiger partial charge in [0.15, 0.2) is 0 Å². The van der Waals surface area contributed by atoms with Crippen LogP contribution in [0.5, 0.6) is 0 Å². The van der Waals surface area contributed by atoms with E-state index in [-0.39, 0.29) is 0 Å². The third kappa shape index (κ3) is 2.53. The lowest BCUT2D eigenvalue weighted by atomic mass is 9.85. The third-order valence-corrected chi connectivity index (χ3v) is 2.08. The van der Waals surface area contributed by atoms with Crippen LogP contribution in [-0.4, -0.2) is 13.1 Å². The molecule has 1 aliphatic rings. The molecule has 0 atom stereocenters. The summed E-state index contributed by atoms with van der Waals surface area (Å²) in [5.74, 6) is 0.972. The highest BCUT2D eigenvalue weighted by molar-refractivity contribution is 4.90. The van der Waals surface area contributed by atoms with Crippen LogP contribution < -0.4 is 5.32 Å². The maximum absolute atomic E-state index is 3.83. The van der Waals surface area contributed by atoms with Gasteiger partial charge in [-0.3, -0.25) is 0 Å². The van der Waals surface area contributed by atoms with Gasteiger partial charge in [-0.2, -0.15) is 0 Å². The summed E-state index contributed by atoms with van der Waals surface area (Å²) in [6.07, 6.45) is 4.31. The van der Waals surface area contributed by atoms with Gasteiger partial charge in [0.2, 0.25) is 0 Å². The third-order valence-electron chi connectivity index (χ3n) is 2.08. The molecule has 0 aromatic rings. The molecule has 0 aromatic carbocycles. The van der Waals surface area contributed by atoms with Crippen LogP contribution in [-0.2, 0) is 0 Å². The molecule has 1 fully saturated rings. The van der Waals surface area contributed by atoms with Crippen molar-refractivity contribution in [2.45, 2.75) is 26.2 Å². The molecule has 58 valence electrons. The van der Waals surface area contributed by atoms with E-state index in [2.05, 4.69) is 18.8 Å². The van der Waals surface area contributed by atoms with Crippen LogP contribution in [0.2, 0.25) is 0 Å². The number of hydrogen-bond donors (Lipinski definition) is 1. The first-order chi connectivity index (χ1) is 4.79. The maximum Gasteiger partial charge on any atom is 0.0159 e. The Labute approximate surface area is 63.5 Å². The van der Waals surface area contributed by atoms with Crippen molar-refractivity contribution in [1.29, 1.82) is 0 Å². The Kier molecular flexibility index (Phi) is 2.94. The quantitative estimate of drug-likeness (QED) is 0.587. The van der Waals surface area contributed by atoms with Gasteiger partial charge in [-0.05, 0) is 32.2 Å². The van der Waals surface area contributed by atoms with E-state index in [4.69, 9.17) is 0 Å². The molecule has 0 unspecified atom stereocenters. The Hall–Kier alpha value is -0.300. The molecule has 0 heterocycles. The van der Waals surface area contributed by atoms with Gasteiger partial charge in [0.1, 0.15) is 0 Å². The lowest BCUT2D eigenvalue weighted by molar-refractivity contribution is 0.305. The highest BCUT2D eigenvalue weighted by atomic mass is 14.9. The molecular formula is C9H17N. The second-order valence-corrected chi connectivity index (χ2v) is 3.38. The molecule has 0 bridgehead atoms. The molecular weight excluding hydrogens is 122 g/mol. The minimum atomic E-state index is 0.972. The average molecular weight is 139 g/mol. The summed E-state index contributed by atoms with van der Waals surface area (Å²) in [5.41, 5.74) is 1.24. The average Bonchev–Trinajstić information content (AvgIpc) is 1.75. The Bertz CT molecular complexity index is 114. The fraction of sp³-hybridized carbons (Fsp3) is 0.778. The molecule has 0 spiro atoms. The molecule has 10 heavy (non-hydrogen) atoms. The minimum absolute atomic E-state index is 0.972. The number of hydrogen-bond acceptors (Lipinski definition) is 1. The van der Waals surface area contributed by atoms with Gasteiger partial charge in [-0.15, -0.1) is 0 Å². The van der Waals surface area contributed by atoms with E-state index in [1.807, 2.05) is 0 Å². The van der Waals surface area contributed by atoms with Gasteiger partial charge < -0.3 is 5.32 Å². The molecule has 1 heteroatoms. The monoisotopic (exact) mass is 139 g/mol. The summed E-state index contributed by atoms with van der Waals surface area (Å²) in [4.78, 5) is 0. The molecule has 0 aliphatic heterocycles. The number of rotatable bonds is 4. The van der Waals surface area contributed by atoms with Crippen LogP contribution >= 0.6 is 0 Å². The van der Waals surface area contributed by atoms with E-state index in [0.29, 0.717) is 0 Å². The Balaban J connectivity index is 1.89. The standard InChI is InChI=1S/C9H17N/c1-8(2)6-10-7-9-4-3-5-9/h9-10H,1,3-7H2,2H3.